The number of carbonyl (C=O) groups is 1. The Labute approximate surface area is 127 Å². The summed E-state index contributed by atoms with van der Waals surface area (Å²) in [6, 6.07) is 6.02. The van der Waals surface area contributed by atoms with Crippen molar-refractivity contribution in [3.63, 3.8) is 0 Å². The SMILES string of the molecule is COc1ccc2c(c1)C(CCCNC(=O)C(F)(F)F)CCC2. The third-order valence-corrected chi connectivity index (χ3v) is 4.06. The van der Waals surface area contributed by atoms with E-state index in [9.17, 15) is 18.0 Å². The predicted octanol–water partition coefficient (Wildman–Crippen LogP) is 3.57. The molecule has 22 heavy (non-hydrogen) atoms. The van der Waals surface area contributed by atoms with Crippen LogP contribution in [0.3, 0.4) is 0 Å². The summed E-state index contributed by atoms with van der Waals surface area (Å²) in [5, 5.41) is 1.92. The molecule has 1 N–H and O–H groups in total. The molecule has 0 radical (unpaired) electrons. The fourth-order valence-electron chi connectivity index (χ4n) is 2.95. The van der Waals surface area contributed by atoms with Gasteiger partial charge in [0.15, 0.2) is 0 Å². The van der Waals surface area contributed by atoms with Gasteiger partial charge in [-0.3, -0.25) is 4.79 Å². The minimum absolute atomic E-state index is 0.0497. The fourth-order valence-corrected chi connectivity index (χ4v) is 2.95. The third kappa shape index (κ3) is 4.15. The minimum atomic E-state index is -4.80. The normalized spacial score (nSPS) is 17.7. The van der Waals surface area contributed by atoms with E-state index in [1.54, 1.807) is 7.11 Å². The largest absolute Gasteiger partial charge is 0.497 e. The maximum Gasteiger partial charge on any atom is 0.471 e. The summed E-state index contributed by atoms with van der Waals surface area (Å²) in [5.41, 5.74) is 2.52. The Morgan fingerprint density at radius 3 is 2.86 bits per heavy atom. The number of carbonyl (C=O) groups excluding carboxylic acids is 1. The van der Waals surface area contributed by atoms with E-state index >= 15 is 0 Å². The van der Waals surface area contributed by atoms with Crippen molar-refractivity contribution in [2.24, 2.45) is 0 Å². The van der Waals surface area contributed by atoms with Gasteiger partial charge in [-0.05, 0) is 61.3 Å². The third-order valence-electron chi connectivity index (χ3n) is 4.06. The molecule has 0 aliphatic heterocycles. The van der Waals surface area contributed by atoms with Crippen LogP contribution in [0.15, 0.2) is 18.2 Å². The average molecular weight is 315 g/mol. The number of benzene rings is 1. The van der Waals surface area contributed by atoms with Gasteiger partial charge in [0.25, 0.3) is 0 Å². The molecular weight excluding hydrogens is 295 g/mol. The van der Waals surface area contributed by atoms with E-state index in [1.807, 2.05) is 17.4 Å². The van der Waals surface area contributed by atoms with Gasteiger partial charge in [-0.2, -0.15) is 13.2 Å². The number of methoxy groups -OCH3 is 1. The van der Waals surface area contributed by atoms with Gasteiger partial charge in [-0.25, -0.2) is 0 Å². The Hall–Kier alpha value is -1.72. The number of alkyl halides is 3. The van der Waals surface area contributed by atoms with Crippen LogP contribution in [0, 0.1) is 0 Å². The van der Waals surface area contributed by atoms with Crippen LogP contribution in [0.1, 0.15) is 42.7 Å². The van der Waals surface area contributed by atoms with E-state index in [0.717, 1.165) is 31.4 Å². The summed E-state index contributed by atoms with van der Waals surface area (Å²) >= 11 is 0. The van der Waals surface area contributed by atoms with E-state index in [1.165, 1.54) is 11.1 Å². The molecule has 0 bridgehead atoms. The number of rotatable bonds is 5. The molecule has 0 saturated heterocycles. The van der Waals surface area contributed by atoms with Crippen LogP contribution in [-0.2, 0) is 11.2 Å². The first-order valence-electron chi connectivity index (χ1n) is 7.43. The number of nitrogens with one attached hydrogen (secondary N) is 1. The molecule has 1 atom stereocenters. The Bertz CT molecular complexity index is 529. The Morgan fingerprint density at radius 2 is 2.18 bits per heavy atom. The standard InChI is InChI=1S/C16H20F3NO2/c1-22-13-8-7-12-5-2-4-11(14(12)10-13)6-3-9-20-15(21)16(17,18)19/h7-8,10-11H,2-6,9H2,1H3,(H,20,21). The van der Waals surface area contributed by atoms with Crippen molar-refractivity contribution >= 4 is 5.91 Å². The first-order valence-corrected chi connectivity index (χ1v) is 7.43. The molecule has 6 heteroatoms. The summed E-state index contributed by atoms with van der Waals surface area (Å²) in [4.78, 5) is 10.7. The van der Waals surface area contributed by atoms with Gasteiger partial charge in [0.1, 0.15) is 5.75 Å². The maximum absolute atomic E-state index is 12.1. The molecule has 0 heterocycles. The lowest BCUT2D eigenvalue weighted by Crippen LogP contribution is -2.37. The molecule has 0 saturated carbocycles. The Balaban J connectivity index is 1.89. The highest BCUT2D eigenvalue weighted by atomic mass is 19.4. The smallest absolute Gasteiger partial charge is 0.471 e. The highest BCUT2D eigenvalue weighted by Gasteiger charge is 2.38. The predicted molar refractivity (Wildman–Crippen MR) is 77.0 cm³/mol. The average Bonchev–Trinajstić information content (AvgIpc) is 2.49. The summed E-state index contributed by atoms with van der Waals surface area (Å²) in [6.07, 6.45) is -0.376. The zero-order valence-corrected chi connectivity index (χ0v) is 12.5. The second-order valence-corrected chi connectivity index (χ2v) is 5.55. The van der Waals surface area contributed by atoms with Crippen molar-refractivity contribution in [3.8, 4) is 5.75 Å². The van der Waals surface area contributed by atoms with Gasteiger partial charge < -0.3 is 10.1 Å². The van der Waals surface area contributed by atoms with Crippen molar-refractivity contribution < 1.29 is 22.7 Å². The molecule has 1 aromatic carbocycles. The van der Waals surface area contributed by atoms with Gasteiger partial charge in [0, 0.05) is 6.54 Å². The molecule has 1 amide bonds. The lowest BCUT2D eigenvalue weighted by molar-refractivity contribution is -0.173. The maximum atomic E-state index is 12.1. The lowest BCUT2D eigenvalue weighted by Gasteiger charge is -2.26. The first-order chi connectivity index (χ1) is 10.4. The Morgan fingerprint density at radius 1 is 1.41 bits per heavy atom. The van der Waals surface area contributed by atoms with Crippen LogP contribution in [-0.4, -0.2) is 25.7 Å². The zero-order chi connectivity index (χ0) is 16.2. The number of hydrogen-bond acceptors (Lipinski definition) is 2. The minimum Gasteiger partial charge on any atom is -0.497 e. The number of aryl methyl sites for hydroxylation is 1. The van der Waals surface area contributed by atoms with Crippen LogP contribution in [0.5, 0.6) is 5.75 Å². The first kappa shape index (κ1) is 16.6. The summed E-state index contributed by atoms with van der Waals surface area (Å²) in [7, 11) is 1.62. The lowest BCUT2D eigenvalue weighted by atomic mass is 9.80. The van der Waals surface area contributed by atoms with Crippen molar-refractivity contribution in [1.29, 1.82) is 0 Å². The van der Waals surface area contributed by atoms with Gasteiger partial charge >= 0.3 is 12.1 Å². The van der Waals surface area contributed by atoms with Crippen molar-refractivity contribution in [2.75, 3.05) is 13.7 Å². The van der Waals surface area contributed by atoms with E-state index in [4.69, 9.17) is 4.74 Å². The number of hydrogen-bond donors (Lipinski definition) is 1. The van der Waals surface area contributed by atoms with Crippen LogP contribution < -0.4 is 10.1 Å². The number of fused-ring (bicyclic) bond motifs is 1. The van der Waals surface area contributed by atoms with E-state index in [0.29, 0.717) is 12.3 Å². The molecule has 0 fully saturated rings. The van der Waals surface area contributed by atoms with E-state index in [2.05, 4.69) is 6.07 Å². The Kier molecular flexibility index (Phi) is 5.32. The van der Waals surface area contributed by atoms with Crippen LogP contribution >= 0.6 is 0 Å². The molecule has 0 spiro atoms. The van der Waals surface area contributed by atoms with Crippen LogP contribution in [0.25, 0.3) is 0 Å². The van der Waals surface area contributed by atoms with E-state index in [-0.39, 0.29) is 6.54 Å². The zero-order valence-electron chi connectivity index (χ0n) is 12.5. The number of halogens is 3. The second-order valence-electron chi connectivity index (χ2n) is 5.55. The molecule has 0 aromatic heterocycles. The number of amides is 1. The topological polar surface area (TPSA) is 38.3 Å². The summed E-state index contributed by atoms with van der Waals surface area (Å²) in [6.45, 7) is 0.0497. The molecule has 1 aliphatic carbocycles. The molecule has 122 valence electrons. The van der Waals surface area contributed by atoms with Crippen LogP contribution in [0.2, 0.25) is 0 Å². The summed E-state index contributed by atoms with van der Waals surface area (Å²) in [5.74, 6) is -0.740. The highest BCUT2D eigenvalue weighted by Crippen LogP contribution is 2.36. The van der Waals surface area contributed by atoms with Gasteiger partial charge in [0.2, 0.25) is 0 Å². The van der Waals surface area contributed by atoms with Gasteiger partial charge in [-0.15, -0.1) is 0 Å². The molecule has 1 aliphatic rings. The second kappa shape index (κ2) is 7.03. The molecule has 3 nitrogen and oxygen atoms in total. The molecular formula is C16H20F3NO2. The molecule has 2 rings (SSSR count). The molecule has 1 unspecified atom stereocenters. The summed E-state index contributed by atoms with van der Waals surface area (Å²) < 4.78 is 41.5. The van der Waals surface area contributed by atoms with Crippen molar-refractivity contribution in [1.82, 2.24) is 5.32 Å². The van der Waals surface area contributed by atoms with Gasteiger partial charge in [0.05, 0.1) is 7.11 Å². The van der Waals surface area contributed by atoms with Crippen LogP contribution in [0.4, 0.5) is 13.2 Å². The highest BCUT2D eigenvalue weighted by molar-refractivity contribution is 5.81. The van der Waals surface area contributed by atoms with Crippen molar-refractivity contribution in [2.45, 2.75) is 44.2 Å². The quantitative estimate of drug-likeness (QED) is 0.844. The van der Waals surface area contributed by atoms with Gasteiger partial charge in [-0.1, -0.05) is 6.07 Å². The van der Waals surface area contributed by atoms with E-state index < -0.39 is 12.1 Å². The molecule has 1 aromatic rings. The number of ether oxygens (including phenoxy) is 1. The fraction of sp³-hybridized carbons (Fsp3) is 0.562. The van der Waals surface area contributed by atoms with Crippen molar-refractivity contribution in [3.05, 3.63) is 29.3 Å². The monoisotopic (exact) mass is 315 g/mol.